The molecule has 5 heteroatoms. The molecule has 1 N–H and O–H groups in total. The number of benzene rings is 1. The molecule has 0 amide bonds. The molecule has 24 heavy (non-hydrogen) atoms. The van der Waals surface area contributed by atoms with Crippen molar-refractivity contribution in [2.75, 3.05) is 5.32 Å². The first-order valence-corrected chi connectivity index (χ1v) is 7.65. The first-order chi connectivity index (χ1) is 11.1. The molecule has 0 saturated carbocycles. The lowest BCUT2D eigenvalue weighted by Gasteiger charge is -2.11. The minimum Gasteiger partial charge on any atom is -0.379 e. The van der Waals surface area contributed by atoms with Gasteiger partial charge in [0, 0.05) is 25.0 Å². The average Bonchev–Trinajstić information content (AvgIpc) is 2.80. The first kappa shape index (κ1) is 18.0. The highest BCUT2D eigenvalue weighted by atomic mass is 35.5. The molecule has 3 aromatic rings. The van der Waals surface area contributed by atoms with Gasteiger partial charge in [-0.25, -0.2) is 4.39 Å². The predicted octanol–water partition coefficient (Wildman–Crippen LogP) is 5.01. The Bertz CT molecular complexity index is 853. The zero-order chi connectivity index (χ0) is 16.4. The number of anilines is 1. The fourth-order valence-electron chi connectivity index (χ4n) is 2.84. The van der Waals surface area contributed by atoms with E-state index < -0.39 is 0 Å². The highest BCUT2D eigenvalue weighted by Gasteiger charge is 2.14. The van der Waals surface area contributed by atoms with Gasteiger partial charge in [-0.1, -0.05) is 18.2 Å². The molecule has 2 aromatic heterocycles. The van der Waals surface area contributed by atoms with E-state index in [2.05, 4.69) is 35.3 Å². The lowest BCUT2D eigenvalue weighted by atomic mass is 10.2. The van der Waals surface area contributed by atoms with E-state index in [1.54, 1.807) is 12.1 Å². The van der Waals surface area contributed by atoms with E-state index in [4.69, 9.17) is 0 Å². The number of fused-ring (bicyclic) bond motifs is 1. The molecule has 0 aliphatic carbocycles. The first-order valence-electron chi connectivity index (χ1n) is 7.65. The van der Waals surface area contributed by atoms with Crippen molar-refractivity contribution in [2.24, 2.45) is 0 Å². The molecule has 2 heterocycles. The van der Waals surface area contributed by atoms with Gasteiger partial charge >= 0.3 is 0 Å². The fraction of sp³-hybridized carbons (Fsp3) is 0.211. The summed E-state index contributed by atoms with van der Waals surface area (Å²) in [7, 11) is 0. The molecule has 0 aliphatic rings. The summed E-state index contributed by atoms with van der Waals surface area (Å²) in [5.74, 6) is -0.217. The highest BCUT2D eigenvalue weighted by Crippen LogP contribution is 2.29. The van der Waals surface area contributed by atoms with E-state index in [1.807, 2.05) is 18.3 Å². The number of rotatable bonds is 5. The van der Waals surface area contributed by atoms with Gasteiger partial charge in [-0.2, -0.15) is 0 Å². The van der Waals surface area contributed by atoms with Crippen molar-refractivity contribution in [3.63, 3.8) is 0 Å². The van der Waals surface area contributed by atoms with Crippen molar-refractivity contribution < 1.29 is 4.39 Å². The van der Waals surface area contributed by atoms with Gasteiger partial charge in [0.25, 0.3) is 0 Å². The molecule has 0 aliphatic heterocycles. The third-order valence-corrected chi connectivity index (χ3v) is 4.20. The van der Waals surface area contributed by atoms with Crippen LogP contribution in [0.15, 0.2) is 49.2 Å². The van der Waals surface area contributed by atoms with Crippen LogP contribution in [-0.2, 0) is 13.1 Å². The molecule has 0 fully saturated rings. The third-order valence-electron chi connectivity index (χ3n) is 4.20. The van der Waals surface area contributed by atoms with E-state index in [0.29, 0.717) is 6.54 Å². The zero-order valence-corrected chi connectivity index (χ0v) is 14.7. The Labute approximate surface area is 147 Å². The molecule has 126 valence electrons. The maximum atomic E-state index is 13.0. The van der Waals surface area contributed by atoms with E-state index in [0.717, 1.165) is 28.8 Å². The van der Waals surface area contributed by atoms with Crippen LogP contribution < -0.4 is 5.32 Å². The van der Waals surface area contributed by atoms with Crippen LogP contribution in [0.25, 0.3) is 11.0 Å². The van der Waals surface area contributed by atoms with E-state index >= 15 is 0 Å². The number of pyridine rings is 1. The summed E-state index contributed by atoms with van der Waals surface area (Å²) < 4.78 is 15.2. The molecule has 0 radical (unpaired) electrons. The van der Waals surface area contributed by atoms with Crippen LogP contribution in [0.5, 0.6) is 0 Å². The molecule has 3 rings (SSSR count). The predicted molar refractivity (Wildman–Crippen MR) is 100 cm³/mol. The van der Waals surface area contributed by atoms with Crippen molar-refractivity contribution in [3.8, 4) is 0 Å². The SMILES string of the molecule is C=CCn1c(C)c(C)c2nccc(NCc3ccc(F)cc3)c21.Cl. The Hall–Kier alpha value is -2.33. The minimum absolute atomic E-state index is 0. The quantitative estimate of drug-likeness (QED) is 0.658. The number of halogens is 2. The largest absolute Gasteiger partial charge is 0.379 e. The second-order valence-electron chi connectivity index (χ2n) is 5.65. The molecule has 0 unspecified atom stereocenters. The lowest BCUT2D eigenvalue weighted by Crippen LogP contribution is -2.04. The van der Waals surface area contributed by atoms with Crippen molar-refractivity contribution in [2.45, 2.75) is 26.9 Å². The summed E-state index contributed by atoms with van der Waals surface area (Å²) in [5, 5.41) is 3.45. The number of nitrogens with zero attached hydrogens (tertiary/aromatic N) is 2. The summed E-state index contributed by atoms with van der Waals surface area (Å²) in [6.07, 6.45) is 3.71. The second-order valence-corrected chi connectivity index (χ2v) is 5.65. The zero-order valence-electron chi connectivity index (χ0n) is 13.8. The monoisotopic (exact) mass is 345 g/mol. The van der Waals surface area contributed by atoms with Gasteiger partial charge < -0.3 is 9.88 Å². The molecular weight excluding hydrogens is 325 g/mol. The number of aromatic nitrogens is 2. The van der Waals surface area contributed by atoms with Crippen LogP contribution >= 0.6 is 12.4 Å². The Morgan fingerprint density at radius 2 is 1.92 bits per heavy atom. The van der Waals surface area contributed by atoms with Gasteiger partial charge in [-0.15, -0.1) is 19.0 Å². The van der Waals surface area contributed by atoms with Gasteiger partial charge in [0.15, 0.2) is 0 Å². The topological polar surface area (TPSA) is 29.9 Å². The molecule has 1 aromatic carbocycles. The van der Waals surface area contributed by atoms with Gasteiger partial charge in [0.05, 0.1) is 16.7 Å². The van der Waals surface area contributed by atoms with Gasteiger partial charge in [-0.05, 0) is 43.2 Å². The van der Waals surface area contributed by atoms with Crippen molar-refractivity contribution in [3.05, 3.63) is 71.8 Å². The Balaban J connectivity index is 0.00000208. The maximum absolute atomic E-state index is 13.0. The minimum atomic E-state index is -0.217. The van der Waals surface area contributed by atoms with E-state index in [9.17, 15) is 4.39 Å². The summed E-state index contributed by atoms with van der Waals surface area (Å²) in [5.41, 5.74) is 6.54. The average molecular weight is 346 g/mol. The Morgan fingerprint density at radius 1 is 1.21 bits per heavy atom. The Morgan fingerprint density at radius 3 is 2.58 bits per heavy atom. The van der Waals surface area contributed by atoms with Crippen LogP contribution in [-0.4, -0.2) is 9.55 Å². The lowest BCUT2D eigenvalue weighted by molar-refractivity contribution is 0.627. The molecule has 0 saturated heterocycles. The number of nitrogens with one attached hydrogen (secondary N) is 1. The maximum Gasteiger partial charge on any atom is 0.123 e. The normalized spacial score (nSPS) is 10.5. The highest BCUT2D eigenvalue weighted by molar-refractivity contribution is 5.92. The van der Waals surface area contributed by atoms with Crippen molar-refractivity contribution in [1.29, 1.82) is 0 Å². The number of allylic oxidation sites excluding steroid dienone is 1. The van der Waals surface area contributed by atoms with Crippen LogP contribution in [0.2, 0.25) is 0 Å². The van der Waals surface area contributed by atoms with Gasteiger partial charge in [0.2, 0.25) is 0 Å². The van der Waals surface area contributed by atoms with Gasteiger partial charge in [0.1, 0.15) is 5.82 Å². The molecule has 3 nitrogen and oxygen atoms in total. The number of hydrogen-bond acceptors (Lipinski definition) is 2. The van der Waals surface area contributed by atoms with E-state index in [1.165, 1.54) is 23.4 Å². The summed E-state index contributed by atoms with van der Waals surface area (Å²) in [4.78, 5) is 4.53. The van der Waals surface area contributed by atoms with E-state index in [-0.39, 0.29) is 18.2 Å². The smallest absolute Gasteiger partial charge is 0.123 e. The number of hydrogen-bond donors (Lipinski definition) is 1. The van der Waals surface area contributed by atoms with Crippen LogP contribution in [0, 0.1) is 19.7 Å². The van der Waals surface area contributed by atoms with Gasteiger partial charge in [-0.3, -0.25) is 4.98 Å². The standard InChI is InChI=1S/C19H20FN3.ClH/c1-4-11-23-14(3)13(2)18-19(23)17(9-10-21-18)22-12-15-5-7-16(20)8-6-15;/h4-10H,1,11-12H2,2-3H3,(H,21,22);1H. The van der Waals surface area contributed by atoms with Crippen LogP contribution in [0.4, 0.5) is 10.1 Å². The summed E-state index contributed by atoms with van der Waals surface area (Å²) in [6, 6.07) is 8.52. The molecule has 0 spiro atoms. The molecule has 0 atom stereocenters. The van der Waals surface area contributed by atoms with Crippen molar-refractivity contribution >= 4 is 29.1 Å². The van der Waals surface area contributed by atoms with Crippen LogP contribution in [0.3, 0.4) is 0 Å². The summed E-state index contributed by atoms with van der Waals surface area (Å²) in [6.45, 7) is 9.42. The number of aryl methyl sites for hydroxylation is 1. The van der Waals surface area contributed by atoms with Crippen LogP contribution in [0.1, 0.15) is 16.8 Å². The fourth-order valence-corrected chi connectivity index (χ4v) is 2.84. The van der Waals surface area contributed by atoms with Crippen molar-refractivity contribution in [1.82, 2.24) is 9.55 Å². The summed E-state index contributed by atoms with van der Waals surface area (Å²) >= 11 is 0. The molecule has 0 bridgehead atoms. The second kappa shape index (κ2) is 7.49. The third kappa shape index (κ3) is 3.29. The molecular formula is C19H21ClFN3. The Kier molecular flexibility index (Phi) is 5.62.